The minimum absolute atomic E-state index is 0.150. The van der Waals surface area contributed by atoms with Crippen molar-refractivity contribution in [2.75, 3.05) is 13.1 Å². The van der Waals surface area contributed by atoms with E-state index < -0.39 is 0 Å². The Morgan fingerprint density at radius 2 is 2.29 bits per heavy atom. The van der Waals surface area contributed by atoms with Crippen LogP contribution in [0.3, 0.4) is 0 Å². The van der Waals surface area contributed by atoms with Crippen LogP contribution < -0.4 is 16.0 Å². The van der Waals surface area contributed by atoms with Gasteiger partial charge in [0, 0.05) is 25.6 Å². The molecule has 0 saturated heterocycles. The molecule has 3 N–H and O–H groups in total. The van der Waals surface area contributed by atoms with Crippen molar-refractivity contribution in [1.82, 2.24) is 16.0 Å². The van der Waals surface area contributed by atoms with Gasteiger partial charge in [-0.2, -0.15) is 0 Å². The molecule has 1 heterocycles. The summed E-state index contributed by atoms with van der Waals surface area (Å²) in [5.74, 6) is 1.73. The van der Waals surface area contributed by atoms with Crippen molar-refractivity contribution < 1.29 is 9.21 Å². The highest BCUT2D eigenvalue weighted by atomic mass is 16.3. The quantitative estimate of drug-likeness (QED) is 0.384. The second kappa shape index (κ2) is 8.34. The van der Waals surface area contributed by atoms with Crippen LogP contribution in [-0.2, 0) is 11.3 Å². The number of amides is 1. The van der Waals surface area contributed by atoms with Crippen molar-refractivity contribution in [2.45, 2.75) is 45.2 Å². The zero-order valence-corrected chi connectivity index (χ0v) is 12.5. The lowest BCUT2D eigenvalue weighted by Crippen LogP contribution is -2.38. The molecule has 1 saturated carbocycles. The van der Waals surface area contributed by atoms with Gasteiger partial charge in [-0.3, -0.25) is 4.79 Å². The summed E-state index contributed by atoms with van der Waals surface area (Å²) in [6.45, 7) is 4.05. The van der Waals surface area contributed by atoms with E-state index in [2.05, 4.69) is 20.9 Å². The van der Waals surface area contributed by atoms with E-state index in [1.54, 1.807) is 6.26 Å². The van der Waals surface area contributed by atoms with Crippen molar-refractivity contribution in [1.29, 1.82) is 0 Å². The third-order valence-corrected chi connectivity index (χ3v) is 3.13. The molecule has 21 heavy (non-hydrogen) atoms. The number of furan rings is 1. The van der Waals surface area contributed by atoms with Crippen molar-refractivity contribution in [3.63, 3.8) is 0 Å². The topological polar surface area (TPSA) is 78.7 Å². The van der Waals surface area contributed by atoms with Crippen LogP contribution in [0.15, 0.2) is 27.8 Å². The first-order valence-electron chi connectivity index (χ1n) is 7.62. The van der Waals surface area contributed by atoms with Gasteiger partial charge in [-0.25, -0.2) is 4.99 Å². The van der Waals surface area contributed by atoms with E-state index in [0.717, 1.165) is 44.1 Å². The van der Waals surface area contributed by atoms with Crippen molar-refractivity contribution in [3.05, 3.63) is 24.2 Å². The van der Waals surface area contributed by atoms with Crippen LogP contribution in [0.1, 0.15) is 38.4 Å². The van der Waals surface area contributed by atoms with Crippen LogP contribution in [0.2, 0.25) is 0 Å². The smallest absolute Gasteiger partial charge is 0.220 e. The number of rotatable bonds is 8. The van der Waals surface area contributed by atoms with Gasteiger partial charge in [0.2, 0.25) is 5.91 Å². The molecule has 6 nitrogen and oxygen atoms in total. The number of hydrogen-bond donors (Lipinski definition) is 3. The van der Waals surface area contributed by atoms with Crippen LogP contribution in [0, 0.1) is 0 Å². The maximum atomic E-state index is 11.5. The summed E-state index contributed by atoms with van der Waals surface area (Å²) in [6.07, 6.45) is 5.26. The van der Waals surface area contributed by atoms with Gasteiger partial charge in [0.25, 0.3) is 0 Å². The van der Waals surface area contributed by atoms with E-state index in [1.807, 2.05) is 19.1 Å². The van der Waals surface area contributed by atoms with E-state index in [0.29, 0.717) is 19.0 Å². The second-order valence-corrected chi connectivity index (χ2v) is 5.15. The fraction of sp³-hybridized carbons (Fsp3) is 0.600. The number of guanidine groups is 1. The Morgan fingerprint density at radius 3 is 2.95 bits per heavy atom. The molecule has 0 atom stereocenters. The zero-order chi connectivity index (χ0) is 14.9. The van der Waals surface area contributed by atoms with Crippen molar-refractivity contribution in [3.8, 4) is 0 Å². The number of hydrogen-bond acceptors (Lipinski definition) is 3. The van der Waals surface area contributed by atoms with Crippen molar-refractivity contribution in [2.24, 2.45) is 4.99 Å². The van der Waals surface area contributed by atoms with E-state index in [-0.39, 0.29) is 5.91 Å². The molecule has 1 fully saturated rings. The van der Waals surface area contributed by atoms with Gasteiger partial charge in [-0.1, -0.05) is 0 Å². The van der Waals surface area contributed by atoms with Gasteiger partial charge in [0.15, 0.2) is 5.96 Å². The summed E-state index contributed by atoms with van der Waals surface area (Å²) in [5, 5.41) is 9.38. The summed E-state index contributed by atoms with van der Waals surface area (Å²) in [5.41, 5.74) is 0. The molecule has 0 aromatic carbocycles. The van der Waals surface area contributed by atoms with Gasteiger partial charge in [-0.05, 0) is 38.3 Å². The maximum Gasteiger partial charge on any atom is 0.220 e. The van der Waals surface area contributed by atoms with Crippen LogP contribution in [0.4, 0.5) is 0 Å². The minimum Gasteiger partial charge on any atom is -0.467 e. The van der Waals surface area contributed by atoms with E-state index in [1.165, 1.54) is 0 Å². The molecule has 0 unspecified atom stereocenters. The molecular weight excluding hydrogens is 268 g/mol. The number of carbonyl (C=O) groups excluding carboxylic acids is 1. The summed E-state index contributed by atoms with van der Waals surface area (Å²) in [4.78, 5) is 16.0. The fourth-order valence-corrected chi connectivity index (χ4v) is 1.88. The normalized spacial score (nSPS) is 14.8. The minimum atomic E-state index is 0.150. The van der Waals surface area contributed by atoms with Crippen LogP contribution >= 0.6 is 0 Å². The summed E-state index contributed by atoms with van der Waals surface area (Å²) in [6, 6.07) is 4.19. The van der Waals surface area contributed by atoms with E-state index in [4.69, 9.17) is 4.42 Å². The number of carbonyl (C=O) groups is 1. The zero-order valence-electron chi connectivity index (χ0n) is 12.5. The number of nitrogens with one attached hydrogen (secondary N) is 3. The Hall–Kier alpha value is -1.98. The average molecular weight is 292 g/mol. The Balaban J connectivity index is 1.64. The summed E-state index contributed by atoms with van der Waals surface area (Å²) >= 11 is 0. The molecule has 2 rings (SSSR count). The molecule has 116 valence electrons. The molecule has 1 amide bonds. The SMILES string of the molecule is CCNC(=NCc1ccco1)NCCCC(=O)NC1CC1. The molecule has 0 bridgehead atoms. The van der Waals surface area contributed by atoms with Gasteiger partial charge < -0.3 is 20.4 Å². The fourth-order valence-electron chi connectivity index (χ4n) is 1.88. The maximum absolute atomic E-state index is 11.5. The largest absolute Gasteiger partial charge is 0.467 e. The highest BCUT2D eigenvalue weighted by molar-refractivity contribution is 5.80. The van der Waals surface area contributed by atoms with Crippen LogP contribution in [0.5, 0.6) is 0 Å². The molecule has 1 aromatic heterocycles. The third kappa shape index (κ3) is 6.33. The Bertz CT molecular complexity index is 452. The van der Waals surface area contributed by atoms with Crippen LogP contribution in [0.25, 0.3) is 0 Å². The average Bonchev–Trinajstić information content (AvgIpc) is 3.12. The predicted octanol–water partition coefficient (Wildman–Crippen LogP) is 1.39. The van der Waals surface area contributed by atoms with Gasteiger partial charge in [0.1, 0.15) is 12.3 Å². The Kier molecular flexibility index (Phi) is 6.12. The van der Waals surface area contributed by atoms with Crippen LogP contribution in [-0.4, -0.2) is 31.0 Å². The Labute approximate surface area is 125 Å². The number of aliphatic imine (C=N–C) groups is 1. The molecule has 0 radical (unpaired) electrons. The molecule has 0 spiro atoms. The molecule has 1 aliphatic carbocycles. The standard InChI is InChI=1S/C15H24N4O2/c1-2-16-15(18-11-13-5-4-10-21-13)17-9-3-6-14(20)19-12-7-8-12/h4-5,10,12H,2-3,6-9,11H2,1H3,(H,19,20)(H2,16,17,18). The molecule has 1 aliphatic rings. The second-order valence-electron chi connectivity index (χ2n) is 5.15. The first-order valence-corrected chi connectivity index (χ1v) is 7.62. The number of nitrogens with zero attached hydrogens (tertiary/aromatic N) is 1. The van der Waals surface area contributed by atoms with E-state index >= 15 is 0 Å². The van der Waals surface area contributed by atoms with E-state index in [9.17, 15) is 4.79 Å². The van der Waals surface area contributed by atoms with Crippen molar-refractivity contribution >= 4 is 11.9 Å². The molecule has 1 aromatic rings. The van der Waals surface area contributed by atoms with Gasteiger partial charge in [-0.15, -0.1) is 0 Å². The lowest BCUT2D eigenvalue weighted by atomic mass is 10.3. The van der Waals surface area contributed by atoms with Gasteiger partial charge >= 0.3 is 0 Å². The third-order valence-electron chi connectivity index (χ3n) is 3.13. The molecule has 6 heteroatoms. The summed E-state index contributed by atoms with van der Waals surface area (Å²) < 4.78 is 5.25. The summed E-state index contributed by atoms with van der Waals surface area (Å²) in [7, 11) is 0. The highest BCUT2D eigenvalue weighted by Crippen LogP contribution is 2.18. The highest BCUT2D eigenvalue weighted by Gasteiger charge is 2.22. The predicted molar refractivity (Wildman–Crippen MR) is 81.9 cm³/mol. The molecule has 0 aliphatic heterocycles. The Morgan fingerprint density at radius 1 is 1.43 bits per heavy atom. The van der Waals surface area contributed by atoms with Gasteiger partial charge in [0.05, 0.1) is 6.26 Å². The lowest BCUT2D eigenvalue weighted by molar-refractivity contribution is -0.121. The monoisotopic (exact) mass is 292 g/mol. The first kappa shape index (κ1) is 15.4. The lowest BCUT2D eigenvalue weighted by Gasteiger charge is -2.10. The first-order chi connectivity index (χ1) is 10.3. The molecular formula is C15H24N4O2.